The van der Waals surface area contributed by atoms with Crippen LogP contribution in [0.3, 0.4) is 0 Å². The van der Waals surface area contributed by atoms with Crippen LogP contribution in [0.15, 0.2) is 16.2 Å². The van der Waals surface area contributed by atoms with Gasteiger partial charge in [-0.15, -0.1) is 22.7 Å². The number of nitrogens with zero attached hydrogens (tertiary/aromatic N) is 4. The van der Waals surface area contributed by atoms with E-state index in [2.05, 4.69) is 9.97 Å². The van der Waals surface area contributed by atoms with E-state index in [4.69, 9.17) is 0 Å². The molecule has 130 valence electrons. The third kappa shape index (κ3) is 3.11. The Morgan fingerprint density at radius 1 is 1.24 bits per heavy atom. The summed E-state index contributed by atoms with van der Waals surface area (Å²) in [5.74, 6) is 0.836. The largest absolute Gasteiger partial charge is 0.340 e. The Balaban J connectivity index is 1.56. The number of aryl methyl sites for hydroxylation is 2. The summed E-state index contributed by atoms with van der Waals surface area (Å²) in [6, 6.07) is 1.90. The second-order valence-corrected chi connectivity index (χ2v) is 8.52. The van der Waals surface area contributed by atoms with E-state index >= 15 is 0 Å². The second-order valence-electron chi connectivity index (χ2n) is 6.23. The molecule has 0 unspecified atom stereocenters. The smallest absolute Gasteiger partial charge is 0.262 e. The van der Waals surface area contributed by atoms with Crippen LogP contribution in [0.1, 0.15) is 21.4 Å². The molecule has 0 N–H and O–H groups in total. The molecule has 0 saturated carbocycles. The van der Waals surface area contributed by atoms with Crippen LogP contribution in [-0.4, -0.2) is 38.4 Å². The first-order valence-corrected chi connectivity index (χ1v) is 9.89. The van der Waals surface area contributed by atoms with E-state index in [0.29, 0.717) is 37.9 Å². The maximum atomic E-state index is 12.7. The average molecular weight is 374 g/mol. The van der Waals surface area contributed by atoms with Gasteiger partial charge in [0.05, 0.1) is 22.5 Å². The summed E-state index contributed by atoms with van der Waals surface area (Å²) in [6.07, 6.45) is 0.918. The number of fused-ring (bicyclic) bond motifs is 2. The van der Waals surface area contributed by atoms with Gasteiger partial charge in [0.25, 0.3) is 5.56 Å². The van der Waals surface area contributed by atoms with Crippen molar-refractivity contribution in [1.29, 1.82) is 0 Å². The van der Waals surface area contributed by atoms with E-state index in [1.54, 1.807) is 27.2 Å². The first-order valence-electron chi connectivity index (χ1n) is 8.20. The molecule has 0 spiro atoms. The lowest BCUT2D eigenvalue weighted by Crippen LogP contribution is -2.35. The quantitative estimate of drug-likeness (QED) is 0.689. The number of hydrogen-bond acceptors (Lipinski definition) is 6. The summed E-state index contributed by atoms with van der Waals surface area (Å²) in [7, 11) is 0. The van der Waals surface area contributed by atoms with Crippen LogP contribution in [0.5, 0.6) is 0 Å². The zero-order valence-corrected chi connectivity index (χ0v) is 15.7. The van der Waals surface area contributed by atoms with Gasteiger partial charge in [0.2, 0.25) is 5.91 Å². The molecule has 0 fully saturated rings. The van der Waals surface area contributed by atoms with Crippen molar-refractivity contribution in [2.24, 2.45) is 0 Å². The number of thiazole rings is 1. The summed E-state index contributed by atoms with van der Waals surface area (Å²) in [5, 5.41) is 3.59. The molecule has 1 amide bonds. The fourth-order valence-electron chi connectivity index (χ4n) is 3.17. The molecule has 4 rings (SSSR count). The van der Waals surface area contributed by atoms with E-state index in [9.17, 15) is 9.59 Å². The van der Waals surface area contributed by atoms with Crippen molar-refractivity contribution in [1.82, 2.24) is 19.4 Å². The molecular formula is C17H18N4O2S2. The molecule has 6 nitrogen and oxygen atoms in total. The molecule has 0 atom stereocenters. The van der Waals surface area contributed by atoms with Gasteiger partial charge in [0.15, 0.2) is 0 Å². The Morgan fingerprint density at radius 2 is 2.08 bits per heavy atom. The molecule has 25 heavy (non-hydrogen) atoms. The van der Waals surface area contributed by atoms with Crippen LogP contribution < -0.4 is 5.56 Å². The van der Waals surface area contributed by atoms with Crippen LogP contribution in [0.4, 0.5) is 0 Å². The molecule has 0 aromatic carbocycles. The molecule has 1 aliphatic heterocycles. The van der Waals surface area contributed by atoms with E-state index in [1.807, 2.05) is 30.2 Å². The molecular weight excluding hydrogens is 356 g/mol. The van der Waals surface area contributed by atoms with Gasteiger partial charge in [-0.1, -0.05) is 0 Å². The number of hydrogen-bond donors (Lipinski definition) is 0. The summed E-state index contributed by atoms with van der Waals surface area (Å²) in [6.45, 7) is 5.54. The Hall–Kier alpha value is -2.06. The number of rotatable bonds is 2. The highest BCUT2D eigenvalue weighted by atomic mass is 32.1. The van der Waals surface area contributed by atoms with Crippen molar-refractivity contribution >= 4 is 38.8 Å². The van der Waals surface area contributed by atoms with Gasteiger partial charge in [0, 0.05) is 36.3 Å². The molecule has 8 heteroatoms. The minimum Gasteiger partial charge on any atom is -0.340 e. The van der Waals surface area contributed by atoms with Gasteiger partial charge >= 0.3 is 0 Å². The van der Waals surface area contributed by atoms with Gasteiger partial charge in [-0.25, -0.2) is 9.97 Å². The highest BCUT2D eigenvalue weighted by Crippen LogP contribution is 2.21. The van der Waals surface area contributed by atoms with Gasteiger partial charge in [-0.2, -0.15) is 0 Å². The predicted octanol–water partition coefficient (Wildman–Crippen LogP) is 2.16. The lowest BCUT2D eigenvalue weighted by atomic mass is 10.3. The number of carbonyl (C=O) groups excluding carboxylic acids is 1. The minimum atomic E-state index is 0.00813. The Labute approximate surface area is 152 Å². The molecule has 0 bridgehead atoms. The normalized spacial score (nSPS) is 14.6. The van der Waals surface area contributed by atoms with Crippen molar-refractivity contribution in [3.63, 3.8) is 0 Å². The van der Waals surface area contributed by atoms with Crippen LogP contribution in [-0.2, 0) is 24.2 Å². The SMILES string of the molecule is Cc1cc2c(=O)n3c(nc2s1)CCN(C(=O)Cc1csc(C)n1)CC3. The van der Waals surface area contributed by atoms with Gasteiger partial charge in [-0.05, 0) is 19.9 Å². The average Bonchev–Trinajstić information content (AvgIpc) is 3.06. The molecule has 1 aliphatic rings. The summed E-state index contributed by atoms with van der Waals surface area (Å²) in [5.41, 5.74) is 0.828. The van der Waals surface area contributed by atoms with E-state index in [1.165, 1.54) is 0 Å². The zero-order chi connectivity index (χ0) is 17.6. The zero-order valence-electron chi connectivity index (χ0n) is 14.1. The highest BCUT2D eigenvalue weighted by molar-refractivity contribution is 7.18. The number of thiophene rings is 1. The predicted molar refractivity (Wildman–Crippen MR) is 99.5 cm³/mol. The first kappa shape index (κ1) is 16.4. The lowest BCUT2D eigenvalue weighted by Gasteiger charge is -2.19. The topological polar surface area (TPSA) is 68.1 Å². The number of carbonyl (C=O) groups is 1. The van der Waals surface area contributed by atoms with Crippen LogP contribution in [0.2, 0.25) is 0 Å². The van der Waals surface area contributed by atoms with Crippen molar-refractivity contribution in [3.05, 3.63) is 43.2 Å². The first-order chi connectivity index (χ1) is 12.0. The molecule has 3 aromatic rings. The van der Waals surface area contributed by atoms with Gasteiger partial charge in [0.1, 0.15) is 10.7 Å². The summed E-state index contributed by atoms with van der Waals surface area (Å²) < 4.78 is 1.73. The van der Waals surface area contributed by atoms with Gasteiger partial charge in [-0.3, -0.25) is 14.2 Å². The molecule has 4 heterocycles. The Morgan fingerprint density at radius 3 is 2.84 bits per heavy atom. The Kier molecular flexibility index (Phi) is 4.16. The highest BCUT2D eigenvalue weighted by Gasteiger charge is 2.22. The summed E-state index contributed by atoms with van der Waals surface area (Å²) >= 11 is 3.10. The van der Waals surface area contributed by atoms with Crippen LogP contribution >= 0.6 is 22.7 Å². The molecule has 0 aliphatic carbocycles. The maximum absolute atomic E-state index is 12.7. The Bertz CT molecular complexity index is 1020. The van der Waals surface area contributed by atoms with Crippen LogP contribution in [0, 0.1) is 13.8 Å². The monoisotopic (exact) mass is 374 g/mol. The standard InChI is InChI=1S/C17H18N4O2S2/c1-10-7-13-16(25-10)19-14-3-4-20(5-6-21(14)17(13)23)15(22)8-12-9-24-11(2)18-12/h7,9H,3-6,8H2,1-2H3. The third-order valence-corrected chi connectivity index (χ3v) is 6.17. The summed E-state index contributed by atoms with van der Waals surface area (Å²) in [4.78, 5) is 38.1. The maximum Gasteiger partial charge on any atom is 0.262 e. The van der Waals surface area contributed by atoms with E-state index < -0.39 is 0 Å². The van der Waals surface area contributed by atoms with Crippen molar-refractivity contribution in [3.8, 4) is 0 Å². The van der Waals surface area contributed by atoms with E-state index in [-0.39, 0.29) is 11.5 Å². The van der Waals surface area contributed by atoms with Gasteiger partial charge < -0.3 is 4.90 Å². The second kappa shape index (κ2) is 6.34. The molecule has 0 radical (unpaired) electrons. The van der Waals surface area contributed by atoms with E-state index in [0.717, 1.165) is 26.2 Å². The van der Waals surface area contributed by atoms with Crippen molar-refractivity contribution in [2.45, 2.75) is 33.2 Å². The van der Waals surface area contributed by atoms with Crippen molar-refractivity contribution in [2.75, 3.05) is 13.1 Å². The number of aromatic nitrogens is 3. The molecule has 3 aromatic heterocycles. The lowest BCUT2D eigenvalue weighted by molar-refractivity contribution is -0.130. The number of amides is 1. The third-order valence-electron chi connectivity index (χ3n) is 4.40. The fraction of sp³-hybridized carbons (Fsp3) is 0.412. The molecule has 0 saturated heterocycles. The van der Waals surface area contributed by atoms with Crippen molar-refractivity contribution < 1.29 is 4.79 Å². The minimum absolute atomic E-state index is 0.00813. The fourth-order valence-corrected chi connectivity index (χ4v) is 4.67. The van der Waals surface area contributed by atoms with Crippen LogP contribution in [0.25, 0.3) is 10.2 Å².